The van der Waals surface area contributed by atoms with Crippen molar-refractivity contribution in [3.05, 3.63) is 69.5 Å². The minimum atomic E-state index is -0.635. The van der Waals surface area contributed by atoms with Crippen LogP contribution in [0.3, 0.4) is 0 Å². The first-order valence-corrected chi connectivity index (χ1v) is 9.71. The van der Waals surface area contributed by atoms with E-state index in [1.54, 1.807) is 13.0 Å². The number of carbonyl (C=O) groups is 1. The van der Waals surface area contributed by atoms with Crippen LogP contribution in [0.2, 0.25) is 0 Å². The normalized spacial score (nSPS) is 10.7. The molecule has 0 saturated carbocycles. The Morgan fingerprint density at radius 3 is 2.45 bits per heavy atom. The second kappa shape index (κ2) is 9.28. The van der Waals surface area contributed by atoms with Gasteiger partial charge in [0.05, 0.1) is 12.0 Å². The van der Waals surface area contributed by atoms with Crippen LogP contribution in [-0.2, 0) is 11.2 Å². The molecule has 29 heavy (non-hydrogen) atoms. The minimum absolute atomic E-state index is 0.0164. The molecule has 152 valence electrons. The Hall–Kier alpha value is -3.28. The molecular weight excluding hydrogens is 370 g/mol. The van der Waals surface area contributed by atoms with Crippen molar-refractivity contribution in [1.82, 2.24) is 4.98 Å². The van der Waals surface area contributed by atoms with E-state index in [0.717, 1.165) is 17.7 Å². The topological polar surface area (TPSA) is 77.6 Å². The highest BCUT2D eigenvalue weighted by Crippen LogP contribution is 2.24. The third kappa shape index (κ3) is 4.77. The summed E-state index contributed by atoms with van der Waals surface area (Å²) in [6.45, 7) is 6.66. The van der Waals surface area contributed by atoms with Crippen LogP contribution in [0.25, 0.3) is 10.9 Å². The molecule has 3 rings (SSSR count). The third-order valence-corrected chi connectivity index (χ3v) is 4.57. The summed E-state index contributed by atoms with van der Waals surface area (Å²) in [5.41, 5.74) is 2.40. The van der Waals surface area contributed by atoms with Crippen molar-refractivity contribution in [2.75, 3.05) is 19.8 Å². The van der Waals surface area contributed by atoms with E-state index >= 15 is 0 Å². The molecule has 0 aliphatic rings. The molecule has 0 spiro atoms. The van der Waals surface area contributed by atoms with Crippen molar-refractivity contribution in [3.8, 4) is 11.5 Å². The lowest BCUT2D eigenvalue weighted by Gasteiger charge is -2.13. The maximum atomic E-state index is 12.7. The van der Waals surface area contributed by atoms with Crippen molar-refractivity contribution in [2.45, 2.75) is 27.2 Å². The van der Waals surface area contributed by atoms with Gasteiger partial charge in [0, 0.05) is 11.7 Å². The molecule has 0 unspecified atom stereocenters. The Kier molecular flexibility index (Phi) is 6.54. The molecule has 0 aliphatic heterocycles. The van der Waals surface area contributed by atoms with Gasteiger partial charge < -0.3 is 19.2 Å². The van der Waals surface area contributed by atoms with Crippen LogP contribution < -0.4 is 14.9 Å². The molecule has 0 saturated heterocycles. The summed E-state index contributed by atoms with van der Waals surface area (Å²) in [5, 5.41) is 0.391. The zero-order valence-corrected chi connectivity index (χ0v) is 16.9. The lowest BCUT2D eigenvalue weighted by atomic mass is 10.1. The van der Waals surface area contributed by atoms with E-state index < -0.39 is 5.97 Å². The molecule has 0 radical (unpaired) electrons. The highest BCUT2D eigenvalue weighted by Gasteiger charge is 2.16. The smallest absolute Gasteiger partial charge is 0.343 e. The molecule has 1 heterocycles. The molecule has 3 aromatic rings. The summed E-state index contributed by atoms with van der Waals surface area (Å²) >= 11 is 0. The molecular formula is C23H25NO5. The Bertz CT molecular complexity index is 1050. The van der Waals surface area contributed by atoms with Crippen LogP contribution in [0.5, 0.6) is 11.5 Å². The van der Waals surface area contributed by atoms with Crippen molar-refractivity contribution in [2.24, 2.45) is 0 Å². The summed E-state index contributed by atoms with van der Waals surface area (Å²) < 4.78 is 16.5. The summed E-state index contributed by atoms with van der Waals surface area (Å²) in [7, 11) is 0. The molecule has 6 nitrogen and oxygen atoms in total. The zero-order chi connectivity index (χ0) is 20.8. The van der Waals surface area contributed by atoms with Gasteiger partial charge in [-0.1, -0.05) is 24.6 Å². The molecule has 0 bridgehead atoms. The predicted molar refractivity (Wildman–Crippen MR) is 112 cm³/mol. The zero-order valence-electron chi connectivity index (χ0n) is 16.9. The fraction of sp³-hybridized carbons (Fsp3) is 0.304. The standard InChI is InChI=1S/C23H25NO5/c1-4-16-12-20-18(22(25)19(14-24-20)23(26)27-5-2)13-21(16)29-11-10-28-17-8-6-15(3)7-9-17/h6-9,12-14H,4-5,10-11H2,1-3H3,(H,24,25). The summed E-state index contributed by atoms with van der Waals surface area (Å²) in [6.07, 6.45) is 2.14. The van der Waals surface area contributed by atoms with E-state index in [1.165, 1.54) is 11.8 Å². The maximum absolute atomic E-state index is 12.7. The highest BCUT2D eigenvalue weighted by atomic mass is 16.5. The van der Waals surface area contributed by atoms with Crippen molar-refractivity contribution in [3.63, 3.8) is 0 Å². The lowest BCUT2D eigenvalue weighted by molar-refractivity contribution is 0.0524. The quantitative estimate of drug-likeness (QED) is 0.460. The fourth-order valence-corrected chi connectivity index (χ4v) is 3.01. The summed E-state index contributed by atoms with van der Waals surface area (Å²) in [4.78, 5) is 27.7. The average molecular weight is 395 g/mol. The van der Waals surface area contributed by atoms with Gasteiger partial charge >= 0.3 is 5.97 Å². The maximum Gasteiger partial charge on any atom is 0.343 e. The van der Waals surface area contributed by atoms with E-state index in [0.29, 0.717) is 29.9 Å². The van der Waals surface area contributed by atoms with Gasteiger partial charge in [0.25, 0.3) is 0 Å². The van der Waals surface area contributed by atoms with E-state index in [9.17, 15) is 9.59 Å². The number of nitrogens with one attached hydrogen (secondary N) is 1. The summed E-state index contributed by atoms with van der Waals surface area (Å²) in [5.74, 6) is 0.757. The summed E-state index contributed by atoms with van der Waals surface area (Å²) in [6, 6.07) is 11.4. The Labute approximate surface area is 169 Å². The molecule has 2 aromatic carbocycles. The second-order valence-electron chi connectivity index (χ2n) is 6.62. The fourth-order valence-electron chi connectivity index (χ4n) is 3.01. The van der Waals surface area contributed by atoms with E-state index in [4.69, 9.17) is 14.2 Å². The van der Waals surface area contributed by atoms with Gasteiger partial charge in [-0.15, -0.1) is 0 Å². The van der Waals surface area contributed by atoms with Gasteiger partial charge in [0.15, 0.2) is 0 Å². The lowest BCUT2D eigenvalue weighted by Crippen LogP contribution is -2.18. The van der Waals surface area contributed by atoms with Gasteiger partial charge in [-0.3, -0.25) is 4.79 Å². The molecule has 1 aromatic heterocycles. The SMILES string of the molecule is CCOC(=O)c1c[nH]c2cc(CC)c(OCCOc3ccc(C)cc3)cc2c1=O. The number of ether oxygens (including phenoxy) is 3. The molecule has 0 fully saturated rings. The average Bonchev–Trinajstić information content (AvgIpc) is 2.72. The first kappa shape index (κ1) is 20.5. The third-order valence-electron chi connectivity index (χ3n) is 4.57. The van der Waals surface area contributed by atoms with Gasteiger partial charge in [-0.25, -0.2) is 4.79 Å². The monoisotopic (exact) mass is 395 g/mol. The number of hydrogen-bond acceptors (Lipinski definition) is 5. The number of H-pyrrole nitrogens is 1. The van der Waals surface area contributed by atoms with Gasteiger partial charge in [-0.05, 0) is 50.1 Å². The molecule has 0 atom stereocenters. The van der Waals surface area contributed by atoms with Crippen molar-refractivity contribution in [1.29, 1.82) is 0 Å². The number of aromatic amines is 1. The first-order valence-electron chi connectivity index (χ1n) is 9.71. The largest absolute Gasteiger partial charge is 0.490 e. The van der Waals surface area contributed by atoms with Crippen LogP contribution in [-0.4, -0.2) is 30.8 Å². The number of rotatable bonds is 8. The first-order chi connectivity index (χ1) is 14.0. The number of pyridine rings is 1. The minimum Gasteiger partial charge on any atom is -0.490 e. The molecule has 1 N–H and O–H groups in total. The van der Waals surface area contributed by atoms with E-state index in [2.05, 4.69) is 4.98 Å². The Morgan fingerprint density at radius 1 is 1.03 bits per heavy atom. The highest BCUT2D eigenvalue weighted by molar-refractivity contribution is 5.94. The van der Waals surface area contributed by atoms with Crippen LogP contribution in [0, 0.1) is 6.92 Å². The number of benzene rings is 2. The Balaban J connectivity index is 1.78. The van der Waals surface area contributed by atoms with Crippen LogP contribution in [0.1, 0.15) is 35.3 Å². The Morgan fingerprint density at radius 2 is 1.76 bits per heavy atom. The van der Waals surface area contributed by atoms with Crippen LogP contribution in [0.4, 0.5) is 0 Å². The molecule has 6 heteroatoms. The van der Waals surface area contributed by atoms with Crippen molar-refractivity contribution >= 4 is 16.9 Å². The number of hydrogen-bond donors (Lipinski definition) is 1. The number of carbonyl (C=O) groups excluding carboxylic acids is 1. The van der Waals surface area contributed by atoms with Gasteiger partial charge in [0.2, 0.25) is 5.43 Å². The number of esters is 1. The molecule has 0 amide bonds. The van der Waals surface area contributed by atoms with Gasteiger partial charge in [0.1, 0.15) is 30.3 Å². The van der Waals surface area contributed by atoms with Crippen molar-refractivity contribution < 1.29 is 19.0 Å². The van der Waals surface area contributed by atoms with Crippen LogP contribution >= 0.6 is 0 Å². The second-order valence-corrected chi connectivity index (χ2v) is 6.62. The number of fused-ring (bicyclic) bond motifs is 1. The number of aromatic nitrogens is 1. The number of aryl methyl sites for hydroxylation is 2. The molecule has 0 aliphatic carbocycles. The van der Waals surface area contributed by atoms with Gasteiger partial charge in [-0.2, -0.15) is 0 Å². The predicted octanol–water partition coefficient (Wildman–Crippen LogP) is 4.03. The van der Waals surface area contributed by atoms with Crippen LogP contribution in [0.15, 0.2) is 47.4 Å². The van der Waals surface area contributed by atoms with E-state index in [-0.39, 0.29) is 17.6 Å². The van der Waals surface area contributed by atoms with E-state index in [1.807, 2.05) is 44.2 Å².